The molecule has 3 heteroatoms. The van der Waals surface area contributed by atoms with Gasteiger partial charge in [0.15, 0.2) is 5.78 Å². The average molecular weight is 455 g/mol. The molecular formula is C32H22O3. The third-order valence-corrected chi connectivity index (χ3v) is 6.61. The van der Waals surface area contributed by atoms with Gasteiger partial charge in [-0.1, -0.05) is 84.9 Å². The fraction of sp³-hybridized carbons (Fsp3) is 0.0625. The molecule has 0 saturated heterocycles. The van der Waals surface area contributed by atoms with Crippen LogP contribution in [0.15, 0.2) is 112 Å². The van der Waals surface area contributed by atoms with Crippen LogP contribution in [0.1, 0.15) is 32.6 Å². The summed E-state index contributed by atoms with van der Waals surface area (Å²) in [5.41, 5.74) is 4.68. The Kier molecular flexibility index (Phi) is 5.04. The first kappa shape index (κ1) is 21.1. The SMILES string of the molecule is Cc1ccccc1C(=O)c1cc(Cc2ccccc2)cc2oc3c(ccc4ccccc43)c(=O)c12. The molecule has 0 atom stereocenters. The van der Waals surface area contributed by atoms with E-state index in [1.807, 2.05) is 91.9 Å². The fourth-order valence-electron chi connectivity index (χ4n) is 4.85. The average Bonchev–Trinajstić information content (AvgIpc) is 2.89. The van der Waals surface area contributed by atoms with Crippen LogP contribution < -0.4 is 5.43 Å². The molecule has 1 aromatic heterocycles. The number of carbonyl (C=O) groups is 1. The molecule has 6 aromatic rings. The molecular weight excluding hydrogens is 432 g/mol. The van der Waals surface area contributed by atoms with Crippen molar-refractivity contribution in [3.63, 3.8) is 0 Å². The number of rotatable bonds is 4. The van der Waals surface area contributed by atoms with E-state index in [1.165, 1.54) is 0 Å². The Bertz CT molecular complexity index is 1810. The maximum absolute atomic E-state index is 13.8. The van der Waals surface area contributed by atoms with E-state index in [4.69, 9.17) is 4.42 Å². The van der Waals surface area contributed by atoms with Crippen LogP contribution in [0.3, 0.4) is 0 Å². The second kappa shape index (κ2) is 8.37. The van der Waals surface area contributed by atoms with Crippen molar-refractivity contribution >= 4 is 38.5 Å². The number of benzene rings is 5. The number of ketones is 1. The maximum atomic E-state index is 13.8. The number of hydrogen-bond donors (Lipinski definition) is 0. The highest BCUT2D eigenvalue weighted by Gasteiger charge is 2.21. The molecule has 0 unspecified atom stereocenters. The minimum atomic E-state index is -0.185. The topological polar surface area (TPSA) is 47.3 Å². The van der Waals surface area contributed by atoms with Gasteiger partial charge >= 0.3 is 0 Å². The maximum Gasteiger partial charge on any atom is 0.201 e. The molecule has 1 heterocycles. The lowest BCUT2D eigenvalue weighted by atomic mass is 9.92. The smallest absolute Gasteiger partial charge is 0.201 e. The van der Waals surface area contributed by atoms with Gasteiger partial charge in [0.25, 0.3) is 0 Å². The standard InChI is InChI=1S/C32H22O3/c1-20-9-5-7-13-24(20)30(33)27-18-22(17-21-10-3-2-4-11-21)19-28-29(27)31(34)26-16-15-23-12-6-8-14-25(23)32(26)35-28/h2-16,18-19H,17H2,1H3. The lowest BCUT2D eigenvalue weighted by molar-refractivity contribution is 0.103. The van der Waals surface area contributed by atoms with E-state index in [0.29, 0.717) is 39.5 Å². The molecule has 0 radical (unpaired) electrons. The van der Waals surface area contributed by atoms with Crippen LogP contribution in [-0.4, -0.2) is 5.78 Å². The van der Waals surface area contributed by atoms with Crippen LogP contribution in [0.4, 0.5) is 0 Å². The highest BCUT2D eigenvalue weighted by atomic mass is 16.3. The number of aryl methyl sites for hydroxylation is 1. The molecule has 0 amide bonds. The molecule has 0 N–H and O–H groups in total. The highest BCUT2D eigenvalue weighted by molar-refractivity contribution is 6.18. The summed E-state index contributed by atoms with van der Waals surface area (Å²) >= 11 is 0. The third kappa shape index (κ3) is 3.62. The zero-order chi connectivity index (χ0) is 23.9. The van der Waals surface area contributed by atoms with Gasteiger partial charge in [-0.15, -0.1) is 0 Å². The number of carbonyl (C=O) groups excluding carboxylic acids is 1. The van der Waals surface area contributed by atoms with Crippen molar-refractivity contribution in [3.8, 4) is 0 Å². The van der Waals surface area contributed by atoms with Crippen LogP contribution in [0, 0.1) is 6.92 Å². The van der Waals surface area contributed by atoms with E-state index in [0.717, 1.165) is 27.5 Å². The molecule has 35 heavy (non-hydrogen) atoms. The van der Waals surface area contributed by atoms with Crippen LogP contribution in [-0.2, 0) is 6.42 Å². The Hall–Kier alpha value is -4.50. The minimum Gasteiger partial charge on any atom is -0.455 e. The molecule has 0 spiro atoms. The number of fused-ring (bicyclic) bond motifs is 4. The molecule has 0 bridgehead atoms. The molecule has 0 saturated carbocycles. The van der Waals surface area contributed by atoms with Crippen molar-refractivity contribution < 1.29 is 9.21 Å². The first-order valence-corrected chi connectivity index (χ1v) is 11.7. The summed E-state index contributed by atoms with van der Waals surface area (Å²) in [7, 11) is 0. The Morgan fingerprint density at radius 3 is 2.29 bits per heavy atom. The molecule has 0 aliphatic heterocycles. The normalized spacial score (nSPS) is 11.3. The summed E-state index contributed by atoms with van der Waals surface area (Å²) < 4.78 is 6.42. The second-order valence-corrected chi connectivity index (χ2v) is 8.92. The highest BCUT2D eigenvalue weighted by Crippen LogP contribution is 2.30. The Balaban J connectivity index is 1.68. The monoisotopic (exact) mass is 454 g/mol. The summed E-state index contributed by atoms with van der Waals surface area (Å²) in [5, 5.41) is 2.69. The van der Waals surface area contributed by atoms with E-state index < -0.39 is 0 Å². The molecule has 5 aromatic carbocycles. The molecule has 0 fully saturated rings. The Morgan fingerprint density at radius 2 is 1.46 bits per heavy atom. The first-order chi connectivity index (χ1) is 17.1. The first-order valence-electron chi connectivity index (χ1n) is 11.7. The van der Waals surface area contributed by atoms with Gasteiger partial charge in [0, 0.05) is 16.5 Å². The van der Waals surface area contributed by atoms with Gasteiger partial charge < -0.3 is 4.42 Å². The summed E-state index contributed by atoms with van der Waals surface area (Å²) in [5.74, 6) is -0.171. The van der Waals surface area contributed by atoms with Gasteiger partial charge in [0.2, 0.25) is 5.43 Å². The van der Waals surface area contributed by atoms with Crippen molar-refractivity contribution in [3.05, 3.63) is 141 Å². The van der Waals surface area contributed by atoms with Gasteiger partial charge in [-0.25, -0.2) is 0 Å². The Labute approximate surface area is 202 Å². The molecule has 0 aliphatic rings. The zero-order valence-electron chi connectivity index (χ0n) is 19.2. The van der Waals surface area contributed by atoms with E-state index in [2.05, 4.69) is 12.1 Å². The van der Waals surface area contributed by atoms with Crippen LogP contribution in [0.2, 0.25) is 0 Å². The van der Waals surface area contributed by atoms with Crippen LogP contribution >= 0.6 is 0 Å². The van der Waals surface area contributed by atoms with Crippen molar-refractivity contribution in [1.29, 1.82) is 0 Å². The van der Waals surface area contributed by atoms with E-state index in [9.17, 15) is 9.59 Å². The Morgan fingerprint density at radius 1 is 0.714 bits per heavy atom. The van der Waals surface area contributed by atoms with E-state index in [1.54, 1.807) is 6.07 Å². The van der Waals surface area contributed by atoms with Gasteiger partial charge in [0.05, 0.1) is 10.8 Å². The lowest BCUT2D eigenvalue weighted by Gasteiger charge is -2.12. The van der Waals surface area contributed by atoms with Gasteiger partial charge in [-0.3, -0.25) is 9.59 Å². The van der Waals surface area contributed by atoms with Crippen molar-refractivity contribution in [2.45, 2.75) is 13.3 Å². The summed E-state index contributed by atoms with van der Waals surface area (Å²) in [6.45, 7) is 1.91. The van der Waals surface area contributed by atoms with Crippen LogP contribution in [0.5, 0.6) is 0 Å². The largest absolute Gasteiger partial charge is 0.455 e. The summed E-state index contributed by atoms with van der Waals surface area (Å²) in [6.07, 6.45) is 0.627. The van der Waals surface area contributed by atoms with E-state index in [-0.39, 0.29) is 11.2 Å². The lowest BCUT2D eigenvalue weighted by Crippen LogP contribution is -2.12. The van der Waals surface area contributed by atoms with Crippen LogP contribution in [0.25, 0.3) is 32.7 Å². The van der Waals surface area contributed by atoms with Crippen molar-refractivity contribution in [2.75, 3.05) is 0 Å². The third-order valence-electron chi connectivity index (χ3n) is 6.61. The minimum absolute atomic E-state index is 0.171. The zero-order valence-corrected chi connectivity index (χ0v) is 19.2. The van der Waals surface area contributed by atoms with E-state index >= 15 is 0 Å². The van der Waals surface area contributed by atoms with Gasteiger partial charge in [-0.2, -0.15) is 0 Å². The predicted molar refractivity (Wildman–Crippen MR) is 141 cm³/mol. The number of hydrogen-bond acceptors (Lipinski definition) is 3. The summed E-state index contributed by atoms with van der Waals surface area (Å²) in [6, 6.07) is 32.9. The molecule has 6 rings (SSSR count). The fourth-order valence-corrected chi connectivity index (χ4v) is 4.85. The summed E-state index contributed by atoms with van der Waals surface area (Å²) in [4.78, 5) is 27.6. The van der Waals surface area contributed by atoms with Crippen molar-refractivity contribution in [1.82, 2.24) is 0 Å². The molecule has 0 aliphatic carbocycles. The van der Waals surface area contributed by atoms with Gasteiger partial charge in [-0.05, 0) is 53.6 Å². The molecule has 3 nitrogen and oxygen atoms in total. The van der Waals surface area contributed by atoms with Gasteiger partial charge in [0.1, 0.15) is 11.2 Å². The van der Waals surface area contributed by atoms with Crippen molar-refractivity contribution in [2.24, 2.45) is 0 Å². The predicted octanol–water partition coefficient (Wildman–Crippen LogP) is 7.23. The quantitative estimate of drug-likeness (QED) is 0.160. The second-order valence-electron chi connectivity index (χ2n) is 8.92. The molecule has 168 valence electrons.